The van der Waals surface area contributed by atoms with Gasteiger partial charge in [0.1, 0.15) is 10.8 Å². The number of carbonyl (C=O) groups is 1. The van der Waals surface area contributed by atoms with E-state index in [1.165, 1.54) is 11.3 Å². The van der Waals surface area contributed by atoms with Crippen LogP contribution >= 0.6 is 11.3 Å². The third kappa shape index (κ3) is 2.22. The molecule has 0 atom stereocenters. The third-order valence-corrected chi connectivity index (χ3v) is 3.57. The highest BCUT2D eigenvalue weighted by molar-refractivity contribution is 7.13. The fourth-order valence-corrected chi connectivity index (χ4v) is 2.61. The van der Waals surface area contributed by atoms with Crippen molar-refractivity contribution in [3.63, 3.8) is 0 Å². The molecule has 0 spiro atoms. The highest BCUT2D eigenvalue weighted by Crippen LogP contribution is 2.31. The lowest BCUT2D eigenvalue weighted by Gasteiger charge is -2.09. The summed E-state index contributed by atoms with van der Waals surface area (Å²) in [6, 6.07) is 3.91. The molecule has 0 fully saturated rings. The normalized spacial score (nSPS) is 10.4. The molecule has 0 aliphatic rings. The first-order chi connectivity index (χ1) is 8.52. The van der Waals surface area contributed by atoms with E-state index in [1.54, 1.807) is 12.5 Å². The number of hydrogen-bond donors (Lipinski definition) is 1. The maximum absolute atomic E-state index is 10.8. The summed E-state index contributed by atoms with van der Waals surface area (Å²) in [6.07, 6.45) is 0. The van der Waals surface area contributed by atoms with Crippen molar-refractivity contribution in [2.24, 2.45) is 0 Å². The van der Waals surface area contributed by atoms with Gasteiger partial charge in [0, 0.05) is 10.9 Å². The van der Waals surface area contributed by atoms with Gasteiger partial charge < -0.3 is 9.84 Å². The van der Waals surface area contributed by atoms with Crippen LogP contribution in [0.4, 0.5) is 0 Å². The van der Waals surface area contributed by atoms with E-state index in [0.717, 1.165) is 27.4 Å². The summed E-state index contributed by atoms with van der Waals surface area (Å²) in [5.41, 5.74) is 3.06. The van der Waals surface area contributed by atoms with Gasteiger partial charge >= 0.3 is 5.97 Å². The Hall–Kier alpha value is -1.88. The number of ether oxygens (including phenoxy) is 1. The molecule has 5 heteroatoms. The molecule has 1 aromatic heterocycles. The van der Waals surface area contributed by atoms with E-state index in [1.807, 2.05) is 26.0 Å². The topological polar surface area (TPSA) is 59.4 Å². The minimum absolute atomic E-state index is 0.0860. The van der Waals surface area contributed by atoms with Crippen molar-refractivity contribution in [2.75, 3.05) is 7.11 Å². The predicted octanol–water partition coefficient (Wildman–Crippen LogP) is 3.13. The molecule has 1 N–H and O–H groups in total. The molecular formula is C13H13NO3S. The first-order valence-electron chi connectivity index (χ1n) is 5.37. The Bertz CT molecular complexity index is 604. The second-order valence-corrected chi connectivity index (χ2v) is 4.84. The van der Waals surface area contributed by atoms with Gasteiger partial charge in [0.2, 0.25) is 0 Å². The quantitative estimate of drug-likeness (QED) is 0.924. The van der Waals surface area contributed by atoms with Gasteiger partial charge in [-0.1, -0.05) is 0 Å². The Labute approximate surface area is 109 Å². The number of benzene rings is 1. The Balaban J connectivity index is 2.50. The van der Waals surface area contributed by atoms with Crippen molar-refractivity contribution in [3.8, 4) is 16.3 Å². The van der Waals surface area contributed by atoms with E-state index in [2.05, 4.69) is 4.98 Å². The van der Waals surface area contributed by atoms with Crippen LogP contribution in [0.1, 0.15) is 21.6 Å². The third-order valence-electron chi connectivity index (χ3n) is 2.70. The van der Waals surface area contributed by atoms with Crippen molar-refractivity contribution < 1.29 is 14.6 Å². The average Bonchev–Trinajstić information content (AvgIpc) is 2.81. The number of aromatic carboxylic acids is 1. The Morgan fingerprint density at radius 3 is 2.61 bits per heavy atom. The van der Waals surface area contributed by atoms with Crippen LogP contribution in [0.25, 0.3) is 10.6 Å². The number of carboxylic acids is 1. The van der Waals surface area contributed by atoms with Crippen molar-refractivity contribution in [3.05, 3.63) is 34.3 Å². The van der Waals surface area contributed by atoms with Gasteiger partial charge in [0.15, 0.2) is 5.69 Å². The van der Waals surface area contributed by atoms with Crippen LogP contribution in [0.2, 0.25) is 0 Å². The largest absolute Gasteiger partial charge is 0.496 e. The zero-order valence-electron chi connectivity index (χ0n) is 10.4. The molecule has 1 aromatic carbocycles. The summed E-state index contributed by atoms with van der Waals surface area (Å²) in [4.78, 5) is 14.9. The van der Waals surface area contributed by atoms with Crippen LogP contribution in [0.15, 0.2) is 17.5 Å². The monoisotopic (exact) mass is 263 g/mol. The molecule has 0 saturated heterocycles. The molecule has 2 rings (SSSR count). The number of aromatic nitrogens is 1. The van der Waals surface area contributed by atoms with E-state index < -0.39 is 5.97 Å². The number of rotatable bonds is 3. The van der Waals surface area contributed by atoms with E-state index in [4.69, 9.17) is 9.84 Å². The SMILES string of the molecule is COc1cc(C)c(-c2nc(C(=O)O)cs2)cc1C. The number of nitrogens with zero attached hydrogens (tertiary/aromatic N) is 1. The van der Waals surface area contributed by atoms with E-state index in [0.29, 0.717) is 0 Å². The molecule has 1 heterocycles. The summed E-state index contributed by atoms with van der Waals surface area (Å²) < 4.78 is 5.25. The Morgan fingerprint density at radius 2 is 2.06 bits per heavy atom. The van der Waals surface area contributed by atoms with Crippen LogP contribution in [0.3, 0.4) is 0 Å². The fourth-order valence-electron chi connectivity index (χ4n) is 1.74. The maximum Gasteiger partial charge on any atom is 0.355 e. The van der Waals surface area contributed by atoms with Crippen LogP contribution < -0.4 is 4.74 Å². The standard InChI is InChI=1S/C13H13NO3S/c1-7-5-11(17-3)8(2)4-9(7)12-14-10(6-18-12)13(15)16/h4-6H,1-3H3,(H,15,16). The molecule has 94 valence electrons. The smallest absolute Gasteiger partial charge is 0.355 e. The molecule has 0 bridgehead atoms. The number of carboxylic acid groups (broad SMARTS) is 1. The molecular weight excluding hydrogens is 250 g/mol. The van der Waals surface area contributed by atoms with Crippen molar-refractivity contribution in [1.29, 1.82) is 0 Å². The summed E-state index contributed by atoms with van der Waals surface area (Å²) in [7, 11) is 1.63. The molecule has 18 heavy (non-hydrogen) atoms. The van der Waals surface area contributed by atoms with E-state index >= 15 is 0 Å². The fraction of sp³-hybridized carbons (Fsp3) is 0.231. The zero-order chi connectivity index (χ0) is 13.3. The Morgan fingerprint density at radius 1 is 1.33 bits per heavy atom. The van der Waals surface area contributed by atoms with Gasteiger partial charge in [-0.3, -0.25) is 0 Å². The van der Waals surface area contributed by atoms with Crippen molar-refractivity contribution >= 4 is 17.3 Å². The average molecular weight is 263 g/mol. The van der Waals surface area contributed by atoms with Crippen LogP contribution in [0, 0.1) is 13.8 Å². The summed E-state index contributed by atoms with van der Waals surface area (Å²) >= 11 is 1.33. The van der Waals surface area contributed by atoms with Crippen LogP contribution in [-0.4, -0.2) is 23.2 Å². The zero-order valence-corrected chi connectivity index (χ0v) is 11.2. The second kappa shape index (κ2) is 4.78. The number of hydrogen-bond acceptors (Lipinski definition) is 4. The molecule has 0 unspecified atom stereocenters. The molecule has 4 nitrogen and oxygen atoms in total. The van der Waals surface area contributed by atoms with Crippen molar-refractivity contribution in [1.82, 2.24) is 4.98 Å². The lowest BCUT2D eigenvalue weighted by atomic mass is 10.1. The molecule has 0 amide bonds. The predicted molar refractivity (Wildman–Crippen MR) is 70.5 cm³/mol. The van der Waals surface area contributed by atoms with Crippen LogP contribution in [-0.2, 0) is 0 Å². The molecule has 0 radical (unpaired) electrons. The highest BCUT2D eigenvalue weighted by Gasteiger charge is 2.13. The molecule has 0 aliphatic carbocycles. The van der Waals surface area contributed by atoms with E-state index in [9.17, 15) is 4.79 Å². The van der Waals surface area contributed by atoms with Gasteiger partial charge in [0.05, 0.1) is 7.11 Å². The number of methoxy groups -OCH3 is 1. The summed E-state index contributed by atoms with van der Waals surface area (Å²) in [5, 5.41) is 11.1. The summed E-state index contributed by atoms with van der Waals surface area (Å²) in [6.45, 7) is 3.91. The highest BCUT2D eigenvalue weighted by atomic mass is 32.1. The number of thiazole rings is 1. The minimum Gasteiger partial charge on any atom is -0.496 e. The molecule has 2 aromatic rings. The molecule has 0 saturated carbocycles. The van der Waals surface area contributed by atoms with Gasteiger partial charge in [-0.25, -0.2) is 9.78 Å². The lowest BCUT2D eigenvalue weighted by molar-refractivity contribution is 0.0691. The first kappa shape index (κ1) is 12.6. The van der Waals surface area contributed by atoms with Gasteiger partial charge in [-0.05, 0) is 37.1 Å². The van der Waals surface area contributed by atoms with Gasteiger partial charge in [-0.15, -0.1) is 11.3 Å². The lowest BCUT2D eigenvalue weighted by Crippen LogP contribution is -1.96. The van der Waals surface area contributed by atoms with Crippen molar-refractivity contribution in [2.45, 2.75) is 13.8 Å². The second-order valence-electron chi connectivity index (χ2n) is 3.98. The molecule has 0 aliphatic heterocycles. The Kier molecular flexibility index (Phi) is 3.34. The minimum atomic E-state index is -1.000. The van der Waals surface area contributed by atoms with E-state index in [-0.39, 0.29) is 5.69 Å². The van der Waals surface area contributed by atoms with Gasteiger partial charge in [0.25, 0.3) is 0 Å². The van der Waals surface area contributed by atoms with Gasteiger partial charge in [-0.2, -0.15) is 0 Å². The van der Waals surface area contributed by atoms with Crippen LogP contribution in [0.5, 0.6) is 5.75 Å². The maximum atomic E-state index is 10.8. The summed E-state index contributed by atoms with van der Waals surface area (Å²) in [5.74, 6) is -0.174. The first-order valence-corrected chi connectivity index (χ1v) is 6.25. The number of aryl methyl sites for hydroxylation is 2.